The topological polar surface area (TPSA) is 58.4 Å². The minimum absolute atomic E-state index is 0.0535. The average Bonchev–Trinajstić information content (AvgIpc) is 2.78. The van der Waals surface area contributed by atoms with Crippen molar-refractivity contribution >= 4 is 23.0 Å². The lowest BCUT2D eigenvalue weighted by Crippen LogP contribution is -2.50. The number of likely N-dealkylation sites (N-methyl/N-ethyl adjacent to an activating group) is 1. The van der Waals surface area contributed by atoms with Crippen molar-refractivity contribution in [3.63, 3.8) is 0 Å². The third kappa shape index (κ3) is 3.10. The van der Waals surface area contributed by atoms with Crippen molar-refractivity contribution in [2.24, 2.45) is 0 Å². The lowest BCUT2D eigenvalue weighted by atomic mass is 10.1. The third-order valence-corrected chi connectivity index (χ3v) is 3.04. The van der Waals surface area contributed by atoms with Crippen molar-refractivity contribution in [3.05, 3.63) is 24.3 Å². The van der Waals surface area contributed by atoms with Gasteiger partial charge in [-0.1, -0.05) is 12.1 Å². The molecule has 1 amide bonds. The van der Waals surface area contributed by atoms with Crippen LogP contribution in [0.4, 0.5) is 6.01 Å². The number of benzene rings is 1. The van der Waals surface area contributed by atoms with Crippen LogP contribution in [0.15, 0.2) is 28.7 Å². The van der Waals surface area contributed by atoms with E-state index in [2.05, 4.69) is 10.3 Å². The first kappa shape index (κ1) is 14.4. The van der Waals surface area contributed by atoms with E-state index in [1.807, 2.05) is 52.0 Å². The summed E-state index contributed by atoms with van der Waals surface area (Å²) in [6.45, 7) is 7.70. The fraction of sp³-hybridized carbons (Fsp3) is 0.467. The Bertz CT molecular complexity index is 580. The molecule has 0 spiro atoms. The van der Waals surface area contributed by atoms with Crippen molar-refractivity contribution in [2.45, 2.75) is 39.3 Å². The molecule has 0 unspecified atom stereocenters. The predicted molar refractivity (Wildman–Crippen MR) is 79.8 cm³/mol. The van der Waals surface area contributed by atoms with Gasteiger partial charge in [0.2, 0.25) is 5.91 Å². The SMILES string of the molecule is C[C@H](C(=O)NC(C)(C)C)N(C)c1nc2ccccc2o1. The van der Waals surface area contributed by atoms with E-state index in [0.717, 1.165) is 11.1 Å². The van der Waals surface area contributed by atoms with E-state index in [4.69, 9.17) is 4.42 Å². The van der Waals surface area contributed by atoms with E-state index in [0.29, 0.717) is 6.01 Å². The number of rotatable bonds is 3. The summed E-state index contributed by atoms with van der Waals surface area (Å²) in [5, 5.41) is 2.95. The Morgan fingerprint density at radius 1 is 1.35 bits per heavy atom. The summed E-state index contributed by atoms with van der Waals surface area (Å²) in [6, 6.07) is 7.64. The summed E-state index contributed by atoms with van der Waals surface area (Å²) >= 11 is 0. The van der Waals surface area contributed by atoms with E-state index in [1.165, 1.54) is 0 Å². The lowest BCUT2D eigenvalue weighted by molar-refractivity contribution is -0.123. The van der Waals surface area contributed by atoms with Crippen molar-refractivity contribution < 1.29 is 9.21 Å². The number of para-hydroxylation sites is 2. The van der Waals surface area contributed by atoms with E-state index < -0.39 is 0 Å². The molecule has 2 rings (SSSR count). The molecule has 0 fully saturated rings. The molecule has 1 heterocycles. The smallest absolute Gasteiger partial charge is 0.298 e. The molecule has 0 aliphatic rings. The first-order chi connectivity index (χ1) is 9.28. The lowest BCUT2D eigenvalue weighted by Gasteiger charge is -2.27. The molecule has 1 aromatic carbocycles. The Labute approximate surface area is 119 Å². The molecule has 0 saturated carbocycles. The molecule has 5 nitrogen and oxygen atoms in total. The third-order valence-electron chi connectivity index (χ3n) is 3.04. The average molecular weight is 275 g/mol. The maximum Gasteiger partial charge on any atom is 0.298 e. The minimum atomic E-state index is -0.359. The summed E-state index contributed by atoms with van der Waals surface area (Å²) in [5.41, 5.74) is 1.25. The first-order valence-electron chi connectivity index (χ1n) is 6.68. The van der Waals surface area contributed by atoms with Crippen molar-refractivity contribution in [2.75, 3.05) is 11.9 Å². The maximum atomic E-state index is 12.2. The van der Waals surface area contributed by atoms with E-state index in [9.17, 15) is 4.79 Å². The number of carbonyl (C=O) groups is 1. The summed E-state index contributed by atoms with van der Waals surface area (Å²) in [4.78, 5) is 18.3. The highest BCUT2D eigenvalue weighted by molar-refractivity contribution is 5.85. The van der Waals surface area contributed by atoms with Gasteiger partial charge in [0.1, 0.15) is 11.6 Å². The minimum Gasteiger partial charge on any atom is -0.423 e. The van der Waals surface area contributed by atoms with Crippen LogP contribution in [0.1, 0.15) is 27.7 Å². The molecular formula is C15H21N3O2. The van der Waals surface area contributed by atoms with Crippen LogP contribution in [0.5, 0.6) is 0 Å². The molecule has 1 atom stereocenters. The van der Waals surface area contributed by atoms with Gasteiger partial charge in [0, 0.05) is 12.6 Å². The molecule has 0 bridgehead atoms. The van der Waals surface area contributed by atoms with Gasteiger partial charge in [-0.25, -0.2) is 0 Å². The second kappa shape index (κ2) is 5.15. The van der Waals surface area contributed by atoms with Crippen LogP contribution in [-0.4, -0.2) is 29.5 Å². The van der Waals surface area contributed by atoms with Crippen LogP contribution in [-0.2, 0) is 4.79 Å². The summed E-state index contributed by atoms with van der Waals surface area (Å²) < 4.78 is 5.67. The Kier molecular flexibility index (Phi) is 3.70. The quantitative estimate of drug-likeness (QED) is 0.935. The van der Waals surface area contributed by atoms with Crippen molar-refractivity contribution in [1.29, 1.82) is 0 Å². The number of hydrogen-bond donors (Lipinski definition) is 1. The zero-order valence-corrected chi connectivity index (χ0v) is 12.6. The first-order valence-corrected chi connectivity index (χ1v) is 6.68. The van der Waals surface area contributed by atoms with Crippen LogP contribution < -0.4 is 10.2 Å². The van der Waals surface area contributed by atoms with E-state index in [-0.39, 0.29) is 17.5 Å². The molecule has 1 N–H and O–H groups in total. The molecule has 20 heavy (non-hydrogen) atoms. The van der Waals surface area contributed by atoms with Gasteiger partial charge in [-0.2, -0.15) is 4.98 Å². The Balaban J connectivity index is 2.17. The van der Waals surface area contributed by atoms with Crippen LogP contribution in [0.2, 0.25) is 0 Å². The molecule has 0 aliphatic carbocycles. The van der Waals surface area contributed by atoms with Crippen LogP contribution in [0.3, 0.4) is 0 Å². The Morgan fingerprint density at radius 3 is 2.60 bits per heavy atom. The number of oxazole rings is 1. The zero-order valence-electron chi connectivity index (χ0n) is 12.6. The summed E-state index contributed by atoms with van der Waals surface area (Å²) in [5.74, 6) is -0.0535. The number of fused-ring (bicyclic) bond motifs is 1. The van der Waals surface area contributed by atoms with Gasteiger partial charge in [0.15, 0.2) is 5.58 Å². The van der Waals surface area contributed by atoms with Gasteiger partial charge in [-0.05, 0) is 39.8 Å². The number of anilines is 1. The van der Waals surface area contributed by atoms with Gasteiger partial charge < -0.3 is 14.6 Å². The van der Waals surface area contributed by atoms with Crippen molar-refractivity contribution in [3.8, 4) is 0 Å². The number of hydrogen-bond acceptors (Lipinski definition) is 4. The highest BCUT2D eigenvalue weighted by Crippen LogP contribution is 2.22. The van der Waals surface area contributed by atoms with E-state index >= 15 is 0 Å². The van der Waals surface area contributed by atoms with Crippen LogP contribution in [0, 0.1) is 0 Å². The van der Waals surface area contributed by atoms with Crippen LogP contribution >= 0.6 is 0 Å². The fourth-order valence-corrected chi connectivity index (χ4v) is 1.83. The molecule has 5 heteroatoms. The monoisotopic (exact) mass is 275 g/mol. The zero-order chi connectivity index (χ0) is 14.9. The second-order valence-corrected chi connectivity index (χ2v) is 5.99. The van der Waals surface area contributed by atoms with Crippen molar-refractivity contribution in [1.82, 2.24) is 10.3 Å². The number of aromatic nitrogens is 1. The number of nitrogens with one attached hydrogen (secondary N) is 1. The Hall–Kier alpha value is -2.04. The molecule has 0 saturated heterocycles. The summed E-state index contributed by atoms with van der Waals surface area (Å²) in [7, 11) is 1.80. The van der Waals surface area contributed by atoms with Crippen LogP contribution in [0.25, 0.3) is 11.1 Å². The molecule has 2 aromatic rings. The van der Waals surface area contributed by atoms with Gasteiger partial charge in [-0.15, -0.1) is 0 Å². The van der Waals surface area contributed by atoms with Gasteiger partial charge in [0.05, 0.1) is 0 Å². The van der Waals surface area contributed by atoms with E-state index in [1.54, 1.807) is 11.9 Å². The molecule has 0 aliphatic heterocycles. The summed E-state index contributed by atoms with van der Waals surface area (Å²) in [6.07, 6.45) is 0. The highest BCUT2D eigenvalue weighted by atomic mass is 16.4. The standard InChI is InChI=1S/C15H21N3O2/c1-10(13(19)17-15(2,3)4)18(5)14-16-11-8-6-7-9-12(11)20-14/h6-10H,1-5H3,(H,17,19)/t10-/m1/s1. The maximum absolute atomic E-state index is 12.2. The largest absolute Gasteiger partial charge is 0.423 e. The highest BCUT2D eigenvalue weighted by Gasteiger charge is 2.25. The second-order valence-electron chi connectivity index (χ2n) is 5.99. The normalized spacial score (nSPS) is 13.2. The molecule has 0 radical (unpaired) electrons. The fourth-order valence-electron chi connectivity index (χ4n) is 1.83. The molecule has 1 aromatic heterocycles. The van der Waals surface area contributed by atoms with Gasteiger partial charge >= 0.3 is 0 Å². The molecular weight excluding hydrogens is 254 g/mol. The number of carbonyl (C=O) groups excluding carboxylic acids is 1. The predicted octanol–water partition coefficient (Wildman–Crippen LogP) is 2.57. The van der Waals surface area contributed by atoms with Gasteiger partial charge in [0.25, 0.3) is 6.01 Å². The Morgan fingerprint density at radius 2 is 2.00 bits per heavy atom. The number of amides is 1. The molecule has 108 valence electrons. The number of nitrogens with zero attached hydrogens (tertiary/aromatic N) is 2. The van der Waals surface area contributed by atoms with Gasteiger partial charge in [-0.3, -0.25) is 4.79 Å².